The third-order valence-electron chi connectivity index (χ3n) is 4.58. The fourth-order valence-electron chi connectivity index (χ4n) is 3.18. The van der Waals surface area contributed by atoms with Gasteiger partial charge in [-0.2, -0.15) is 0 Å². The Morgan fingerprint density at radius 3 is 2.88 bits per heavy atom. The molecule has 2 N–H and O–H groups in total. The zero-order chi connectivity index (χ0) is 18.7. The first-order valence-electron chi connectivity index (χ1n) is 8.75. The summed E-state index contributed by atoms with van der Waals surface area (Å²) in [7, 11) is 0. The molecule has 1 aromatic carbocycles. The molecule has 26 heavy (non-hydrogen) atoms. The Hall–Kier alpha value is -2.74. The van der Waals surface area contributed by atoms with Crippen molar-refractivity contribution < 1.29 is 9.59 Å². The zero-order valence-electron chi connectivity index (χ0n) is 15.1. The lowest BCUT2D eigenvalue weighted by Gasteiger charge is -2.38. The third kappa shape index (κ3) is 3.75. The molecule has 8 heteroatoms. The zero-order valence-corrected chi connectivity index (χ0v) is 15.1. The Labute approximate surface area is 152 Å². The molecular weight excluding hydrogens is 332 g/mol. The largest absolute Gasteiger partial charge is 0.335 e. The van der Waals surface area contributed by atoms with Crippen LogP contribution in [0.1, 0.15) is 28.5 Å². The number of piperazine rings is 1. The fourth-order valence-corrected chi connectivity index (χ4v) is 3.18. The molecule has 0 bridgehead atoms. The van der Waals surface area contributed by atoms with Crippen LogP contribution in [0.4, 0.5) is 0 Å². The lowest BCUT2D eigenvalue weighted by molar-refractivity contribution is -0.140. The maximum Gasteiger partial charge on any atom is 0.276 e. The highest BCUT2D eigenvalue weighted by atomic mass is 16.2. The lowest BCUT2D eigenvalue weighted by atomic mass is 10.1. The Morgan fingerprint density at radius 1 is 1.35 bits per heavy atom. The molecule has 1 aliphatic heterocycles. The van der Waals surface area contributed by atoms with E-state index in [4.69, 9.17) is 5.73 Å². The first kappa shape index (κ1) is 18.1. The van der Waals surface area contributed by atoms with Gasteiger partial charge in [-0.25, -0.2) is 0 Å². The van der Waals surface area contributed by atoms with Gasteiger partial charge >= 0.3 is 0 Å². The van der Waals surface area contributed by atoms with Crippen LogP contribution in [0.2, 0.25) is 0 Å². The summed E-state index contributed by atoms with van der Waals surface area (Å²) in [5.74, 6) is -0.329. The molecule has 3 rings (SSSR count). The summed E-state index contributed by atoms with van der Waals surface area (Å²) < 4.78 is 1.54. The molecule has 138 valence electrons. The average Bonchev–Trinajstić information content (AvgIpc) is 3.08. The summed E-state index contributed by atoms with van der Waals surface area (Å²) >= 11 is 0. The molecular formula is C18H24N6O2. The Bertz CT molecular complexity index is 802. The van der Waals surface area contributed by atoms with Crippen LogP contribution in [0.5, 0.6) is 0 Å². The summed E-state index contributed by atoms with van der Waals surface area (Å²) in [4.78, 5) is 28.8. The van der Waals surface area contributed by atoms with Crippen LogP contribution in [-0.2, 0) is 17.9 Å². The van der Waals surface area contributed by atoms with E-state index in [1.165, 1.54) is 4.68 Å². The van der Waals surface area contributed by atoms with Gasteiger partial charge in [0, 0.05) is 26.2 Å². The van der Waals surface area contributed by atoms with Crippen LogP contribution in [0.15, 0.2) is 30.5 Å². The van der Waals surface area contributed by atoms with Crippen molar-refractivity contribution in [2.24, 2.45) is 5.73 Å². The Morgan fingerprint density at radius 2 is 2.15 bits per heavy atom. The van der Waals surface area contributed by atoms with Crippen molar-refractivity contribution in [2.45, 2.75) is 33.0 Å². The standard InChI is InChI=1S/C18H24N6O2/c1-13-4-3-5-15(10-13)11-22-8-9-24(14(2)17(22)25)18(26)16-12-23(7-6-19)21-20-16/h3-5,10,12,14H,6-9,11,19H2,1-2H3. The van der Waals surface area contributed by atoms with Crippen molar-refractivity contribution >= 4 is 11.8 Å². The van der Waals surface area contributed by atoms with Gasteiger partial charge in [-0.3, -0.25) is 14.3 Å². The predicted octanol–water partition coefficient (Wildman–Crippen LogP) is 0.418. The number of aromatic nitrogens is 3. The number of amides is 2. The van der Waals surface area contributed by atoms with Crippen LogP contribution >= 0.6 is 0 Å². The average molecular weight is 356 g/mol. The Kier molecular flexibility index (Phi) is 5.32. The fraction of sp³-hybridized carbons (Fsp3) is 0.444. The van der Waals surface area contributed by atoms with Crippen molar-refractivity contribution in [3.05, 3.63) is 47.3 Å². The smallest absolute Gasteiger partial charge is 0.276 e. The molecule has 0 spiro atoms. The van der Waals surface area contributed by atoms with Gasteiger partial charge in [0.05, 0.1) is 12.7 Å². The minimum absolute atomic E-state index is 0.0551. The highest BCUT2D eigenvalue weighted by molar-refractivity contribution is 5.96. The van der Waals surface area contributed by atoms with Crippen LogP contribution in [0, 0.1) is 6.92 Å². The number of nitrogens with two attached hydrogens (primary N) is 1. The number of carbonyl (C=O) groups is 2. The number of aryl methyl sites for hydroxylation is 1. The van der Waals surface area contributed by atoms with Crippen LogP contribution in [0.3, 0.4) is 0 Å². The molecule has 0 radical (unpaired) electrons. The third-order valence-corrected chi connectivity index (χ3v) is 4.58. The van der Waals surface area contributed by atoms with Gasteiger partial charge in [-0.1, -0.05) is 35.0 Å². The SMILES string of the molecule is Cc1cccc(CN2CCN(C(=O)c3cn(CCN)nn3)C(C)C2=O)c1. The van der Waals surface area contributed by atoms with E-state index >= 15 is 0 Å². The maximum atomic E-state index is 12.7. The van der Waals surface area contributed by atoms with E-state index in [2.05, 4.69) is 16.4 Å². The van der Waals surface area contributed by atoms with Gasteiger partial charge in [-0.05, 0) is 19.4 Å². The number of benzene rings is 1. The van der Waals surface area contributed by atoms with Crippen LogP contribution in [-0.4, -0.2) is 62.3 Å². The number of hydrogen-bond acceptors (Lipinski definition) is 5. The Balaban J connectivity index is 1.67. The van der Waals surface area contributed by atoms with Gasteiger partial charge in [0.2, 0.25) is 5.91 Å². The summed E-state index contributed by atoms with van der Waals surface area (Å²) in [6.07, 6.45) is 1.57. The maximum absolute atomic E-state index is 12.7. The second kappa shape index (κ2) is 7.65. The van der Waals surface area contributed by atoms with Gasteiger partial charge < -0.3 is 15.5 Å². The van der Waals surface area contributed by atoms with Crippen LogP contribution in [0.25, 0.3) is 0 Å². The van der Waals surface area contributed by atoms with Gasteiger partial charge in [0.25, 0.3) is 5.91 Å². The normalized spacial score (nSPS) is 17.7. The van der Waals surface area contributed by atoms with Crippen LogP contribution < -0.4 is 5.73 Å². The quantitative estimate of drug-likeness (QED) is 0.837. The molecule has 1 fully saturated rings. The van der Waals surface area contributed by atoms with E-state index in [0.29, 0.717) is 32.7 Å². The molecule has 1 aliphatic rings. The molecule has 1 atom stereocenters. The van der Waals surface area contributed by atoms with E-state index in [0.717, 1.165) is 11.1 Å². The van der Waals surface area contributed by atoms with Gasteiger partial charge in [-0.15, -0.1) is 5.10 Å². The van der Waals surface area contributed by atoms with Crippen molar-refractivity contribution in [1.29, 1.82) is 0 Å². The van der Waals surface area contributed by atoms with Crippen molar-refractivity contribution in [3.8, 4) is 0 Å². The van der Waals surface area contributed by atoms with E-state index in [1.54, 1.807) is 22.9 Å². The molecule has 1 unspecified atom stereocenters. The minimum atomic E-state index is -0.527. The number of hydrogen-bond donors (Lipinski definition) is 1. The summed E-state index contributed by atoms with van der Waals surface area (Å²) in [6, 6.07) is 7.58. The molecule has 2 heterocycles. The second-order valence-electron chi connectivity index (χ2n) is 6.58. The summed E-state index contributed by atoms with van der Waals surface area (Å²) in [6.45, 7) is 6.23. The highest BCUT2D eigenvalue weighted by Crippen LogP contribution is 2.17. The van der Waals surface area contributed by atoms with Gasteiger partial charge in [0.15, 0.2) is 5.69 Å². The summed E-state index contributed by atoms with van der Waals surface area (Å²) in [5.41, 5.74) is 7.98. The van der Waals surface area contributed by atoms with Gasteiger partial charge in [0.1, 0.15) is 6.04 Å². The first-order valence-corrected chi connectivity index (χ1v) is 8.75. The van der Waals surface area contributed by atoms with E-state index < -0.39 is 6.04 Å². The molecule has 1 aromatic heterocycles. The highest BCUT2D eigenvalue weighted by Gasteiger charge is 2.35. The number of carbonyl (C=O) groups excluding carboxylic acids is 2. The molecule has 8 nitrogen and oxygen atoms in total. The molecule has 0 saturated carbocycles. The topological polar surface area (TPSA) is 97.3 Å². The van der Waals surface area contributed by atoms with E-state index in [-0.39, 0.29) is 17.5 Å². The number of nitrogens with zero attached hydrogens (tertiary/aromatic N) is 5. The molecule has 2 aromatic rings. The van der Waals surface area contributed by atoms with E-state index in [9.17, 15) is 9.59 Å². The molecule has 1 saturated heterocycles. The number of rotatable bonds is 5. The monoisotopic (exact) mass is 356 g/mol. The lowest BCUT2D eigenvalue weighted by Crippen LogP contribution is -2.57. The van der Waals surface area contributed by atoms with Crippen molar-refractivity contribution in [1.82, 2.24) is 24.8 Å². The van der Waals surface area contributed by atoms with Crippen molar-refractivity contribution in [2.75, 3.05) is 19.6 Å². The minimum Gasteiger partial charge on any atom is -0.335 e. The molecule has 0 aliphatic carbocycles. The van der Waals surface area contributed by atoms with E-state index in [1.807, 2.05) is 25.1 Å². The summed E-state index contributed by atoms with van der Waals surface area (Å²) in [5, 5.41) is 7.80. The second-order valence-corrected chi connectivity index (χ2v) is 6.58. The first-order chi connectivity index (χ1) is 12.5. The predicted molar refractivity (Wildman–Crippen MR) is 96.2 cm³/mol. The van der Waals surface area contributed by atoms with Crippen molar-refractivity contribution in [3.63, 3.8) is 0 Å². The molecule has 2 amide bonds.